The number of anilines is 1. The van der Waals surface area contributed by atoms with E-state index in [9.17, 15) is 4.79 Å². The molecule has 1 rings (SSSR count). The zero-order chi connectivity index (χ0) is 14.1. The topological polar surface area (TPSA) is 55.1 Å². The van der Waals surface area contributed by atoms with Gasteiger partial charge in [-0.3, -0.25) is 4.79 Å². The van der Waals surface area contributed by atoms with Crippen LogP contribution in [-0.4, -0.2) is 11.4 Å². The van der Waals surface area contributed by atoms with Gasteiger partial charge in [-0.05, 0) is 52.3 Å². The van der Waals surface area contributed by atoms with Crippen LogP contribution >= 0.6 is 11.6 Å². The number of amides is 1. The number of benzene rings is 1. The van der Waals surface area contributed by atoms with E-state index in [-0.39, 0.29) is 5.91 Å². The third-order valence-corrected chi connectivity index (χ3v) is 3.86. The van der Waals surface area contributed by atoms with Gasteiger partial charge in [-0.25, -0.2) is 0 Å². The summed E-state index contributed by atoms with van der Waals surface area (Å²) in [5, 5.41) is 3.49. The van der Waals surface area contributed by atoms with E-state index < -0.39 is 11.0 Å². The number of carbonyl (C=O) groups is 1. The second-order valence-corrected chi connectivity index (χ2v) is 6.20. The highest BCUT2D eigenvalue weighted by atomic mass is 35.5. The van der Waals surface area contributed by atoms with Crippen molar-refractivity contribution >= 4 is 23.2 Å². The van der Waals surface area contributed by atoms with Gasteiger partial charge in [0.25, 0.3) is 0 Å². The molecule has 4 heteroatoms. The first kappa shape index (κ1) is 15.0. The molecule has 0 aliphatic rings. The zero-order valence-corrected chi connectivity index (χ0v) is 12.4. The zero-order valence-electron chi connectivity index (χ0n) is 11.6. The third kappa shape index (κ3) is 3.03. The monoisotopic (exact) mass is 268 g/mol. The van der Waals surface area contributed by atoms with Crippen molar-refractivity contribution in [2.75, 3.05) is 5.32 Å². The van der Waals surface area contributed by atoms with Crippen molar-refractivity contribution in [3.05, 3.63) is 28.8 Å². The summed E-state index contributed by atoms with van der Waals surface area (Å²) in [6, 6.07) is 5.41. The number of hydrogen-bond acceptors (Lipinski definition) is 2. The third-order valence-electron chi connectivity index (χ3n) is 3.63. The van der Waals surface area contributed by atoms with E-state index in [2.05, 4.69) is 5.32 Å². The molecule has 0 saturated carbocycles. The van der Waals surface area contributed by atoms with Crippen LogP contribution in [0.25, 0.3) is 0 Å². The maximum atomic E-state index is 12.3. The van der Waals surface area contributed by atoms with Gasteiger partial charge in [-0.1, -0.05) is 17.7 Å². The van der Waals surface area contributed by atoms with Crippen LogP contribution in [0.3, 0.4) is 0 Å². The van der Waals surface area contributed by atoms with E-state index >= 15 is 0 Å². The van der Waals surface area contributed by atoms with Gasteiger partial charge in [0.2, 0.25) is 5.91 Å². The molecule has 0 aromatic heterocycles. The molecule has 100 valence electrons. The number of nitrogens with one attached hydrogen (secondary N) is 1. The highest BCUT2D eigenvalue weighted by molar-refractivity contribution is 6.31. The largest absolute Gasteiger partial charge is 0.325 e. The summed E-state index contributed by atoms with van der Waals surface area (Å²) < 4.78 is 0. The maximum Gasteiger partial charge on any atom is 0.231 e. The Hall–Kier alpha value is -1.06. The minimum atomic E-state index is -0.679. The van der Waals surface area contributed by atoms with Crippen LogP contribution in [0.1, 0.15) is 33.3 Å². The Morgan fingerprint density at radius 2 is 1.83 bits per heavy atom. The minimum absolute atomic E-state index is 0.111. The van der Waals surface area contributed by atoms with Crippen LogP contribution in [0, 0.1) is 12.3 Å². The summed E-state index contributed by atoms with van der Waals surface area (Å²) in [7, 11) is 0. The number of nitrogens with two attached hydrogens (primary N) is 1. The fraction of sp³-hybridized carbons (Fsp3) is 0.500. The van der Waals surface area contributed by atoms with Crippen LogP contribution in [0.15, 0.2) is 18.2 Å². The van der Waals surface area contributed by atoms with Gasteiger partial charge in [-0.15, -0.1) is 0 Å². The lowest BCUT2D eigenvalue weighted by molar-refractivity contribution is -0.126. The van der Waals surface area contributed by atoms with Crippen molar-refractivity contribution < 1.29 is 4.79 Å². The quantitative estimate of drug-likeness (QED) is 0.883. The molecule has 1 amide bonds. The molecular formula is C14H21ClN2O. The number of rotatable bonds is 3. The first-order valence-corrected chi connectivity index (χ1v) is 6.30. The number of halogens is 1. The van der Waals surface area contributed by atoms with E-state index in [0.29, 0.717) is 5.02 Å². The molecule has 0 atom stereocenters. The summed E-state index contributed by atoms with van der Waals surface area (Å²) in [6.45, 7) is 9.28. The average Bonchev–Trinajstić information content (AvgIpc) is 2.21. The molecule has 0 spiro atoms. The van der Waals surface area contributed by atoms with Crippen molar-refractivity contribution in [1.82, 2.24) is 0 Å². The molecule has 0 radical (unpaired) electrons. The molecule has 3 N–H and O–H groups in total. The van der Waals surface area contributed by atoms with E-state index in [4.69, 9.17) is 17.3 Å². The van der Waals surface area contributed by atoms with Gasteiger partial charge in [0.1, 0.15) is 0 Å². The van der Waals surface area contributed by atoms with Crippen molar-refractivity contribution in [2.24, 2.45) is 11.1 Å². The standard InChI is InChI=1S/C14H21ClN2O/c1-9-6-7-10(15)8-11(9)17-12(18)13(2,3)14(4,5)16/h6-8H,16H2,1-5H3,(H,17,18). The Morgan fingerprint density at radius 3 is 2.33 bits per heavy atom. The van der Waals surface area contributed by atoms with E-state index in [1.54, 1.807) is 12.1 Å². The van der Waals surface area contributed by atoms with E-state index in [1.807, 2.05) is 40.7 Å². The highest BCUT2D eigenvalue weighted by Gasteiger charge is 2.40. The van der Waals surface area contributed by atoms with E-state index in [0.717, 1.165) is 11.3 Å². The lowest BCUT2D eigenvalue weighted by Gasteiger charge is -2.37. The lowest BCUT2D eigenvalue weighted by atomic mass is 9.74. The number of hydrogen-bond donors (Lipinski definition) is 2. The first-order chi connectivity index (χ1) is 8.05. The first-order valence-electron chi connectivity index (χ1n) is 5.92. The summed E-state index contributed by atoms with van der Waals surface area (Å²) in [4.78, 5) is 12.3. The van der Waals surface area contributed by atoms with Gasteiger partial charge in [0, 0.05) is 16.2 Å². The van der Waals surface area contributed by atoms with E-state index in [1.165, 1.54) is 0 Å². The summed E-state index contributed by atoms with van der Waals surface area (Å²) in [6.07, 6.45) is 0. The normalized spacial score (nSPS) is 12.4. The van der Waals surface area contributed by atoms with Gasteiger partial charge < -0.3 is 11.1 Å². The molecule has 0 heterocycles. The number of aryl methyl sites for hydroxylation is 1. The molecule has 1 aromatic rings. The Kier molecular flexibility index (Phi) is 4.08. The molecule has 1 aromatic carbocycles. The molecule has 0 unspecified atom stereocenters. The molecule has 0 aliphatic heterocycles. The average molecular weight is 269 g/mol. The Balaban J connectivity index is 2.98. The molecule has 0 bridgehead atoms. The lowest BCUT2D eigenvalue weighted by Crippen LogP contribution is -2.53. The Morgan fingerprint density at radius 1 is 1.28 bits per heavy atom. The van der Waals surface area contributed by atoms with Gasteiger partial charge >= 0.3 is 0 Å². The molecule has 0 saturated heterocycles. The highest BCUT2D eigenvalue weighted by Crippen LogP contribution is 2.30. The van der Waals surface area contributed by atoms with Crippen LogP contribution < -0.4 is 11.1 Å². The van der Waals surface area contributed by atoms with Gasteiger partial charge in [0.05, 0.1) is 5.41 Å². The molecule has 3 nitrogen and oxygen atoms in total. The maximum absolute atomic E-state index is 12.3. The SMILES string of the molecule is Cc1ccc(Cl)cc1NC(=O)C(C)(C)C(C)(C)N. The Labute approximate surface area is 114 Å². The predicted octanol–water partition coefficient (Wildman–Crippen LogP) is 3.35. The van der Waals surface area contributed by atoms with Crippen molar-refractivity contribution in [3.8, 4) is 0 Å². The molecule has 18 heavy (non-hydrogen) atoms. The molecule has 0 aliphatic carbocycles. The fourth-order valence-corrected chi connectivity index (χ4v) is 1.47. The fourth-order valence-electron chi connectivity index (χ4n) is 1.30. The van der Waals surface area contributed by atoms with Crippen LogP contribution in [0.4, 0.5) is 5.69 Å². The van der Waals surface area contributed by atoms with Crippen molar-refractivity contribution in [3.63, 3.8) is 0 Å². The molecular weight excluding hydrogens is 248 g/mol. The smallest absolute Gasteiger partial charge is 0.231 e. The second-order valence-electron chi connectivity index (χ2n) is 5.76. The summed E-state index contributed by atoms with van der Waals surface area (Å²) in [5.74, 6) is -0.111. The van der Waals surface area contributed by atoms with Crippen molar-refractivity contribution in [1.29, 1.82) is 0 Å². The number of carbonyl (C=O) groups excluding carboxylic acids is 1. The minimum Gasteiger partial charge on any atom is -0.325 e. The molecule has 0 fully saturated rings. The van der Waals surface area contributed by atoms with Crippen molar-refractivity contribution in [2.45, 2.75) is 40.2 Å². The van der Waals surface area contributed by atoms with Gasteiger partial charge in [-0.2, -0.15) is 0 Å². The Bertz CT molecular complexity index is 461. The van der Waals surface area contributed by atoms with Crippen LogP contribution in [0.2, 0.25) is 5.02 Å². The van der Waals surface area contributed by atoms with Crippen LogP contribution in [-0.2, 0) is 4.79 Å². The summed E-state index contributed by atoms with van der Waals surface area (Å²) >= 11 is 5.93. The van der Waals surface area contributed by atoms with Crippen LogP contribution in [0.5, 0.6) is 0 Å². The predicted molar refractivity (Wildman–Crippen MR) is 76.9 cm³/mol. The summed E-state index contributed by atoms with van der Waals surface area (Å²) in [5.41, 5.74) is 6.46. The van der Waals surface area contributed by atoms with Gasteiger partial charge in [0.15, 0.2) is 0 Å². The second kappa shape index (κ2) is 4.90.